The van der Waals surface area contributed by atoms with E-state index in [1.807, 2.05) is 32.3 Å². The molecule has 0 aliphatic heterocycles. The Hall–Kier alpha value is -2.16. The molecule has 0 radical (unpaired) electrons. The lowest BCUT2D eigenvalue weighted by molar-refractivity contribution is 1.13. The Balaban J connectivity index is 2.12. The van der Waals surface area contributed by atoms with Gasteiger partial charge in [0.15, 0.2) is 5.82 Å². The molecule has 0 atom stereocenters. The van der Waals surface area contributed by atoms with Crippen LogP contribution in [0.15, 0.2) is 42.7 Å². The molecule has 0 aliphatic carbocycles. The van der Waals surface area contributed by atoms with Gasteiger partial charge in [-0.25, -0.2) is 9.97 Å². The molecule has 0 unspecified atom stereocenters. The van der Waals surface area contributed by atoms with Crippen LogP contribution in [-0.2, 0) is 0 Å². The number of nitrogens with zero attached hydrogens (tertiary/aromatic N) is 3. The van der Waals surface area contributed by atoms with Crippen molar-refractivity contribution < 1.29 is 0 Å². The third-order valence-electron chi connectivity index (χ3n) is 2.42. The fourth-order valence-electron chi connectivity index (χ4n) is 1.45. The highest BCUT2D eigenvalue weighted by Gasteiger charge is 1.93. The highest BCUT2D eigenvalue weighted by atomic mass is 15.1. The van der Waals surface area contributed by atoms with Crippen molar-refractivity contribution in [2.24, 2.45) is 0 Å². The Bertz CT molecular complexity index is 487. The predicted octanol–water partition coefficient (Wildman–Crippen LogP) is 2.71. The van der Waals surface area contributed by atoms with Crippen LogP contribution in [0, 0.1) is 0 Å². The molecule has 3 heteroatoms. The number of benzene rings is 1. The lowest BCUT2D eigenvalue weighted by atomic mass is 10.2. The van der Waals surface area contributed by atoms with E-state index in [-0.39, 0.29) is 0 Å². The second-order valence-corrected chi connectivity index (χ2v) is 3.93. The zero-order valence-corrected chi connectivity index (χ0v) is 10.0. The van der Waals surface area contributed by atoms with Gasteiger partial charge < -0.3 is 4.90 Å². The molecule has 0 N–H and O–H groups in total. The Kier molecular flexibility index (Phi) is 3.50. The van der Waals surface area contributed by atoms with E-state index in [0.717, 1.165) is 11.4 Å². The average molecular weight is 225 g/mol. The van der Waals surface area contributed by atoms with Crippen molar-refractivity contribution in [3.63, 3.8) is 0 Å². The molecular weight excluding hydrogens is 210 g/mol. The van der Waals surface area contributed by atoms with Crippen LogP contribution in [0.5, 0.6) is 0 Å². The molecule has 2 rings (SSSR count). The standard InChI is InChI=1S/C14H15N3/c1-17(2)13-7-4-12(5-8-13)6-9-14-15-10-3-11-16-14/h3-11H,1-2H3/b9-6+. The number of aromatic nitrogens is 2. The second-order valence-electron chi connectivity index (χ2n) is 3.93. The van der Waals surface area contributed by atoms with Gasteiger partial charge in [-0.2, -0.15) is 0 Å². The van der Waals surface area contributed by atoms with Crippen LogP contribution in [0.2, 0.25) is 0 Å². The minimum absolute atomic E-state index is 0.726. The van der Waals surface area contributed by atoms with E-state index in [0.29, 0.717) is 0 Å². The monoisotopic (exact) mass is 225 g/mol. The van der Waals surface area contributed by atoms with E-state index in [4.69, 9.17) is 0 Å². The summed E-state index contributed by atoms with van der Waals surface area (Å²) in [7, 11) is 4.06. The fourth-order valence-corrected chi connectivity index (χ4v) is 1.45. The molecule has 1 heterocycles. The summed E-state index contributed by atoms with van der Waals surface area (Å²) in [4.78, 5) is 10.3. The molecule has 0 aliphatic rings. The first-order chi connectivity index (χ1) is 8.25. The summed E-state index contributed by atoms with van der Waals surface area (Å²) in [5.41, 5.74) is 2.33. The molecule has 0 saturated carbocycles. The number of hydrogen-bond acceptors (Lipinski definition) is 3. The quantitative estimate of drug-likeness (QED) is 0.804. The average Bonchev–Trinajstić information content (AvgIpc) is 2.38. The molecule has 1 aromatic carbocycles. The summed E-state index contributed by atoms with van der Waals surface area (Å²) in [6.07, 6.45) is 7.39. The van der Waals surface area contributed by atoms with Crippen LogP contribution in [0.25, 0.3) is 12.2 Å². The molecule has 86 valence electrons. The molecule has 1 aromatic heterocycles. The lowest BCUT2D eigenvalue weighted by Crippen LogP contribution is -2.07. The van der Waals surface area contributed by atoms with E-state index in [1.165, 1.54) is 5.69 Å². The highest BCUT2D eigenvalue weighted by Crippen LogP contribution is 2.13. The van der Waals surface area contributed by atoms with Gasteiger partial charge in [0.25, 0.3) is 0 Å². The van der Waals surface area contributed by atoms with Crippen LogP contribution in [0.1, 0.15) is 11.4 Å². The summed E-state index contributed by atoms with van der Waals surface area (Å²) < 4.78 is 0. The maximum absolute atomic E-state index is 4.13. The van der Waals surface area contributed by atoms with Gasteiger partial charge in [0.2, 0.25) is 0 Å². The Morgan fingerprint density at radius 2 is 1.59 bits per heavy atom. The van der Waals surface area contributed by atoms with Crippen LogP contribution in [0.3, 0.4) is 0 Å². The van der Waals surface area contributed by atoms with Crippen molar-refractivity contribution in [3.8, 4) is 0 Å². The van der Waals surface area contributed by atoms with Gasteiger partial charge in [0, 0.05) is 32.2 Å². The van der Waals surface area contributed by atoms with Gasteiger partial charge in [-0.05, 0) is 29.8 Å². The van der Waals surface area contributed by atoms with E-state index in [9.17, 15) is 0 Å². The minimum Gasteiger partial charge on any atom is -0.378 e. The van der Waals surface area contributed by atoms with Crippen LogP contribution < -0.4 is 4.90 Å². The van der Waals surface area contributed by atoms with Crippen molar-refractivity contribution in [2.75, 3.05) is 19.0 Å². The van der Waals surface area contributed by atoms with E-state index >= 15 is 0 Å². The molecule has 0 bridgehead atoms. The molecule has 0 fully saturated rings. The van der Waals surface area contributed by atoms with Crippen LogP contribution >= 0.6 is 0 Å². The number of rotatable bonds is 3. The smallest absolute Gasteiger partial charge is 0.151 e. The second kappa shape index (κ2) is 5.25. The first kappa shape index (κ1) is 11.3. The van der Waals surface area contributed by atoms with Crippen molar-refractivity contribution in [2.45, 2.75) is 0 Å². The lowest BCUT2D eigenvalue weighted by Gasteiger charge is -2.11. The summed E-state index contributed by atoms with van der Waals surface area (Å²) in [6.45, 7) is 0. The molecule has 17 heavy (non-hydrogen) atoms. The Morgan fingerprint density at radius 3 is 2.18 bits per heavy atom. The molecule has 0 spiro atoms. The zero-order valence-electron chi connectivity index (χ0n) is 10.0. The third-order valence-corrected chi connectivity index (χ3v) is 2.42. The van der Waals surface area contributed by atoms with Crippen LogP contribution in [0.4, 0.5) is 5.69 Å². The van der Waals surface area contributed by atoms with E-state index in [2.05, 4.69) is 39.1 Å². The maximum atomic E-state index is 4.13. The predicted molar refractivity (Wildman–Crippen MR) is 71.7 cm³/mol. The SMILES string of the molecule is CN(C)c1ccc(/C=C/c2ncccn2)cc1. The molecule has 2 aromatic rings. The van der Waals surface area contributed by atoms with Crippen molar-refractivity contribution in [3.05, 3.63) is 54.1 Å². The first-order valence-electron chi connectivity index (χ1n) is 5.48. The number of hydrogen-bond donors (Lipinski definition) is 0. The van der Waals surface area contributed by atoms with Crippen LogP contribution in [-0.4, -0.2) is 24.1 Å². The third kappa shape index (κ3) is 3.14. The highest BCUT2D eigenvalue weighted by molar-refractivity contribution is 5.67. The normalized spacial score (nSPS) is 10.7. The Labute approximate surface area is 101 Å². The summed E-state index contributed by atoms with van der Waals surface area (Å²) in [6, 6.07) is 10.1. The molecule has 0 amide bonds. The number of anilines is 1. The van der Waals surface area contributed by atoms with Crippen molar-refractivity contribution >= 4 is 17.8 Å². The summed E-state index contributed by atoms with van der Waals surface area (Å²) in [5, 5.41) is 0. The maximum Gasteiger partial charge on any atom is 0.151 e. The summed E-state index contributed by atoms with van der Waals surface area (Å²) in [5.74, 6) is 0.726. The molecular formula is C14H15N3. The van der Waals surface area contributed by atoms with Gasteiger partial charge in [0.05, 0.1) is 0 Å². The Morgan fingerprint density at radius 1 is 0.941 bits per heavy atom. The largest absolute Gasteiger partial charge is 0.378 e. The first-order valence-corrected chi connectivity index (χ1v) is 5.48. The van der Waals surface area contributed by atoms with E-state index in [1.54, 1.807) is 12.4 Å². The van der Waals surface area contributed by atoms with Crippen molar-refractivity contribution in [1.29, 1.82) is 0 Å². The zero-order chi connectivity index (χ0) is 12.1. The minimum atomic E-state index is 0.726. The topological polar surface area (TPSA) is 29.0 Å². The van der Waals surface area contributed by atoms with Gasteiger partial charge in [-0.1, -0.05) is 18.2 Å². The van der Waals surface area contributed by atoms with Gasteiger partial charge in [-0.15, -0.1) is 0 Å². The molecule has 3 nitrogen and oxygen atoms in total. The van der Waals surface area contributed by atoms with Gasteiger partial charge in [0.1, 0.15) is 0 Å². The van der Waals surface area contributed by atoms with Crippen molar-refractivity contribution in [1.82, 2.24) is 9.97 Å². The van der Waals surface area contributed by atoms with E-state index < -0.39 is 0 Å². The molecule has 0 saturated heterocycles. The van der Waals surface area contributed by atoms with Gasteiger partial charge in [-0.3, -0.25) is 0 Å². The fraction of sp³-hybridized carbons (Fsp3) is 0.143. The van der Waals surface area contributed by atoms with Gasteiger partial charge >= 0.3 is 0 Å². The summed E-state index contributed by atoms with van der Waals surface area (Å²) >= 11 is 0.